The van der Waals surface area contributed by atoms with Gasteiger partial charge < -0.3 is 9.84 Å². The van der Waals surface area contributed by atoms with Crippen LogP contribution in [0.3, 0.4) is 0 Å². The van der Waals surface area contributed by atoms with E-state index in [2.05, 4.69) is 10.9 Å². The number of amides is 2. The quantitative estimate of drug-likeness (QED) is 0.444. The first-order valence-corrected chi connectivity index (χ1v) is 10.3. The van der Waals surface area contributed by atoms with Gasteiger partial charge in [0.05, 0.1) is 11.8 Å². The Balaban J connectivity index is 1.57. The predicted molar refractivity (Wildman–Crippen MR) is 116 cm³/mol. The van der Waals surface area contributed by atoms with Gasteiger partial charge >= 0.3 is 5.97 Å². The molecule has 0 radical (unpaired) electrons. The Kier molecular flexibility index (Phi) is 7.55. The van der Waals surface area contributed by atoms with Crippen LogP contribution in [0.2, 0.25) is 10.0 Å². The van der Waals surface area contributed by atoms with Gasteiger partial charge in [0, 0.05) is 21.2 Å². The third-order valence-corrected chi connectivity index (χ3v) is 5.48. The van der Waals surface area contributed by atoms with Gasteiger partial charge in [-0.25, -0.2) is 0 Å². The molecule has 1 aliphatic rings. The van der Waals surface area contributed by atoms with E-state index in [-0.39, 0.29) is 18.6 Å². The smallest absolute Gasteiger partial charge is 0.307 e. The van der Waals surface area contributed by atoms with Gasteiger partial charge in [-0.15, -0.1) is 0 Å². The van der Waals surface area contributed by atoms with E-state index in [0.29, 0.717) is 22.2 Å². The highest BCUT2D eigenvalue weighted by Gasteiger charge is 2.34. The summed E-state index contributed by atoms with van der Waals surface area (Å²) >= 11 is 12.0. The lowest BCUT2D eigenvalue weighted by atomic mass is 9.82. The first kappa shape index (κ1) is 22.7. The number of carboxylic acids is 1. The second-order valence-electron chi connectivity index (χ2n) is 6.99. The van der Waals surface area contributed by atoms with Crippen LogP contribution in [-0.4, -0.2) is 22.9 Å². The highest BCUT2D eigenvalue weighted by Crippen LogP contribution is 2.26. The van der Waals surface area contributed by atoms with Crippen molar-refractivity contribution in [3.63, 3.8) is 0 Å². The fraction of sp³-hybridized carbons (Fsp3) is 0.227. The van der Waals surface area contributed by atoms with Crippen molar-refractivity contribution in [3.8, 4) is 5.75 Å². The van der Waals surface area contributed by atoms with Crippen molar-refractivity contribution < 1.29 is 24.2 Å². The van der Waals surface area contributed by atoms with Crippen LogP contribution in [0.5, 0.6) is 5.75 Å². The number of ether oxygens (including phenoxy) is 1. The third kappa shape index (κ3) is 5.99. The molecule has 7 nitrogen and oxygen atoms in total. The standard InChI is InChI=1S/C22H20Cl2N2O5/c23-15-9-8-14(19(24)11-15)12-31-16-5-3-4-13(10-16)20(27)25-26-21(28)17-6-1-2-7-18(17)22(29)30/h1-5,8-11,17-18H,6-7,12H2,(H,25,27)(H,26,28)(H,29,30)/t17-,18+/m0/s1. The zero-order chi connectivity index (χ0) is 22.4. The Bertz CT molecular complexity index is 1020. The monoisotopic (exact) mass is 462 g/mol. The van der Waals surface area contributed by atoms with Gasteiger partial charge in [0.25, 0.3) is 5.91 Å². The number of aliphatic carboxylic acids is 1. The van der Waals surface area contributed by atoms with Crippen LogP contribution in [-0.2, 0) is 16.2 Å². The maximum absolute atomic E-state index is 12.4. The molecule has 2 aromatic rings. The summed E-state index contributed by atoms with van der Waals surface area (Å²) in [6, 6.07) is 11.5. The van der Waals surface area contributed by atoms with Gasteiger partial charge in [-0.1, -0.05) is 47.5 Å². The molecule has 0 saturated carbocycles. The van der Waals surface area contributed by atoms with Crippen LogP contribution in [0.1, 0.15) is 28.8 Å². The molecule has 2 aromatic carbocycles. The van der Waals surface area contributed by atoms with Crippen molar-refractivity contribution in [1.82, 2.24) is 10.9 Å². The fourth-order valence-electron chi connectivity index (χ4n) is 3.19. The number of hydrogen-bond donors (Lipinski definition) is 3. The molecule has 0 heterocycles. The molecule has 0 fully saturated rings. The molecule has 162 valence electrons. The summed E-state index contributed by atoms with van der Waals surface area (Å²) in [5, 5.41) is 10.3. The Morgan fingerprint density at radius 3 is 2.45 bits per heavy atom. The fourth-order valence-corrected chi connectivity index (χ4v) is 3.65. The second-order valence-corrected chi connectivity index (χ2v) is 7.83. The molecule has 31 heavy (non-hydrogen) atoms. The van der Waals surface area contributed by atoms with E-state index >= 15 is 0 Å². The Morgan fingerprint density at radius 2 is 1.74 bits per heavy atom. The number of halogens is 2. The molecular formula is C22H20Cl2N2O5. The highest BCUT2D eigenvalue weighted by molar-refractivity contribution is 6.35. The van der Waals surface area contributed by atoms with E-state index in [0.717, 1.165) is 5.56 Å². The van der Waals surface area contributed by atoms with Crippen LogP contribution in [0, 0.1) is 11.8 Å². The van der Waals surface area contributed by atoms with Gasteiger partial charge in [0.15, 0.2) is 0 Å². The Morgan fingerprint density at radius 1 is 1.00 bits per heavy atom. The van der Waals surface area contributed by atoms with Crippen molar-refractivity contribution in [2.75, 3.05) is 0 Å². The van der Waals surface area contributed by atoms with Gasteiger partial charge in [-0.2, -0.15) is 0 Å². The normalized spacial score (nSPS) is 17.6. The molecule has 0 aromatic heterocycles. The van der Waals surface area contributed by atoms with E-state index in [1.807, 2.05) is 0 Å². The maximum Gasteiger partial charge on any atom is 0.307 e. The lowest BCUT2D eigenvalue weighted by Gasteiger charge is -2.24. The minimum Gasteiger partial charge on any atom is -0.489 e. The third-order valence-electron chi connectivity index (χ3n) is 4.89. The Labute approximate surface area is 189 Å². The van der Waals surface area contributed by atoms with Crippen molar-refractivity contribution >= 4 is 41.0 Å². The van der Waals surface area contributed by atoms with Crippen LogP contribution in [0.15, 0.2) is 54.6 Å². The molecule has 2 atom stereocenters. The average Bonchev–Trinajstić information content (AvgIpc) is 2.76. The lowest BCUT2D eigenvalue weighted by molar-refractivity contribution is -0.147. The number of rotatable bonds is 6. The van der Waals surface area contributed by atoms with Crippen LogP contribution in [0.25, 0.3) is 0 Å². The van der Waals surface area contributed by atoms with E-state index < -0.39 is 29.6 Å². The molecule has 3 rings (SSSR count). The van der Waals surface area contributed by atoms with Gasteiger partial charge in [0.1, 0.15) is 12.4 Å². The summed E-state index contributed by atoms with van der Waals surface area (Å²) in [6.45, 7) is 0.184. The Hall–Kier alpha value is -3.03. The first-order chi connectivity index (χ1) is 14.8. The maximum atomic E-state index is 12.4. The van der Waals surface area contributed by atoms with Crippen molar-refractivity contribution in [2.24, 2.45) is 11.8 Å². The van der Waals surface area contributed by atoms with E-state index in [4.69, 9.17) is 27.9 Å². The predicted octanol–water partition coefficient (Wildman–Crippen LogP) is 4.00. The molecule has 9 heteroatoms. The lowest BCUT2D eigenvalue weighted by Crippen LogP contribution is -2.47. The molecule has 0 unspecified atom stereocenters. The van der Waals surface area contributed by atoms with E-state index in [9.17, 15) is 19.5 Å². The summed E-state index contributed by atoms with van der Waals surface area (Å²) in [5.41, 5.74) is 5.65. The highest BCUT2D eigenvalue weighted by atomic mass is 35.5. The second kappa shape index (κ2) is 10.3. The largest absolute Gasteiger partial charge is 0.489 e. The summed E-state index contributed by atoms with van der Waals surface area (Å²) in [7, 11) is 0. The topological polar surface area (TPSA) is 105 Å². The zero-order valence-electron chi connectivity index (χ0n) is 16.3. The summed E-state index contributed by atoms with van der Waals surface area (Å²) in [6.07, 6.45) is 4.08. The number of nitrogens with one attached hydrogen (secondary N) is 2. The van der Waals surface area contributed by atoms with Gasteiger partial charge in [-0.05, 0) is 43.2 Å². The number of carboxylic acid groups (broad SMARTS) is 1. The van der Waals surface area contributed by atoms with Crippen LogP contribution in [0.4, 0.5) is 0 Å². The first-order valence-electron chi connectivity index (χ1n) is 9.50. The van der Waals surface area contributed by atoms with Crippen molar-refractivity contribution in [3.05, 3.63) is 75.8 Å². The van der Waals surface area contributed by atoms with Gasteiger partial charge in [0.2, 0.25) is 5.91 Å². The molecule has 1 aliphatic carbocycles. The summed E-state index contributed by atoms with van der Waals surface area (Å²) < 4.78 is 5.70. The molecule has 0 aliphatic heterocycles. The SMILES string of the molecule is O=C(NNC(=O)[C@H]1CC=CC[C@H]1C(=O)O)c1cccc(OCc2ccc(Cl)cc2Cl)c1. The number of allylic oxidation sites excluding steroid dienone is 2. The van der Waals surface area contributed by atoms with Crippen molar-refractivity contribution in [1.29, 1.82) is 0 Å². The number of carbonyl (C=O) groups excluding carboxylic acids is 2. The molecule has 3 N–H and O–H groups in total. The van der Waals surface area contributed by atoms with Crippen LogP contribution < -0.4 is 15.6 Å². The van der Waals surface area contributed by atoms with Crippen LogP contribution >= 0.6 is 23.2 Å². The van der Waals surface area contributed by atoms with E-state index in [1.165, 1.54) is 6.07 Å². The summed E-state index contributed by atoms with van der Waals surface area (Å²) in [5.74, 6) is -3.27. The average molecular weight is 463 g/mol. The molecule has 0 spiro atoms. The molecule has 0 bridgehead atoms. The van der Waals surface area contributed by atoms with Gasteiger partial charge in [-0.3, -0.25) is 25.2 Å². The minimum absolute atomic E-state index is 0.184. The van der Waals surface area contributed by atoms with E-state index in [1.54, 1.807) is 48.6 Å². The number of carbonyl (C=O) groups is 3. The minimum atomic E-state index is -1.04. The molecule has 2 amide bonds. The number of benzene rings is 2. The summed E-state index contributed by atoms with van der Waals surface area (Å²) in [4.78, 5) is 36.1. The number of hydrogen-bond acceptors (Lipinski definition) is 4. The number of hydrazine groups is 1. The molecular weight excluding hydrogens is 443 g/mol. The zero-order valence-corrected chi connectivity index (χ0v) is 17.8. The molecule has 0 saturated heterocycles. The van der Waals surface area contributed by atoms with Crippen molar-refractivity contribution in [2.45, 2.75) is 19.4 Å².